The lowest BCUT2D eigenvalue weighted by atomic mass is 9.83. The van der Waals surface area contributed by atoms with Gasteiger partial charge in [0, 0.05) is 118 Å². The van der Waals surface area contributed by atoms with Gasteiger partial charge >= 0.3 is 42.0 Å². The molecule has 28 atom stereocenters. The summed E-state index contributed by atoms with van der Waals surface area (Å²) in [5.41, 5.74) is 3.62. The molecule has 0 aromatic carbocycles. The molecule has 4 saturated heterocycles. The number of amides is 6. The average molecular weight is 2040 g/mol. The van der Waals surface area contributed by atoms with E-state index in [0.717, 1.165) is 96.3 Å². The van der Waals surface area contributed by atoms with Crippen molar-refractivity contribution in [1.82, 2.24) is 39.6 Å². The van der Waals surface area contributed by atoms with Crippen molar-refractivity contribution in [3.05, 3.63) is 0 Å². The number of hydrogen-bond donors (Lipinski definition) is 5. The number of carbonyl (C=O) groups is 14. The summed E-state index contributed by atoms with van der Waals surface area (Å²) in [6.07, 6.45) is 12.2. The summed E-state index contributed by atoms with van der Waals surface area (Å²) in [5, 5.41) is 31.3. The van der Waals surface area contributed by atoms with E-state index in [-0.39, 0.29) is 205 Å². The van der Waals surface area contributed by atoms with Crippen LogP contribution in [0.25, 0.3) is 0 Å². The first-order chi connectivity index (χ1) is 66.6. The zero-order valence-electron chi connectivity index (χ0n) is 95.3. The highest BCUT2D eigenvalue weighted by Gasteiger charge is 2.56. The van der Waals surface area contributed by atoms with E-state index in [1.54, 1.807) is 87.7 Å². The van der Waals surface area contributed by atoms with Gasteiger partial charge in [0.15, 0.2) is 17.3 Å². The Morgan fingerprint density at radius 2 is 0.639 bits per heavy atom. The van der Waals surface area contributed by atoms with Crippen LogP contribution in [0.3, 0.4) is 0 Å². The van der Waals surface area contributed by atoms with Gasteiger partial charge in [0.05, 0.1) is 98.4 Å². The number of nitrogens with zero attached hydrogens (tertiary/aromatic N) is 7. The molecular formula is C110H195N9O25. The number of nitrogens with two attached hydrogens (primary N) is 1. The Morgan fingerprint density at radius 3 is 0.910 bits per heavy atom. The number of carboxylic acids is 3. The van der Waals surface area contributed by atoms with Crippen LogP contribution in [0.15, 0.2) is 0 Å². The summed E-state index contributed by atoms with van der Waals surface area (Å²) < 4.78 is 44.3. The van der Waals surface area contributed by atoms with Crippen molar-refractivity contribution in [3.63, 3.8) is 0 Å². The molecular weight excluding hydrogens is 1850 g/mol. The SMILES string of the molecule is CC(C)(C)OC(=O)N1[C@@H]2CC[C@@H](C2)[C@H]1C(=O)O.CC[C@H](C)[C@@H]([C@@H](CC(=O)O)OC)N(C)C(=O)C(CC(=O)[C@@H]1[C@H]2CC[C@H](C2)N1C)C(C)C.CC[C@H](C)[C@@H]([C@@H](CC(=O)O)OC)N(C)C(=O)C(CC(=O)[C@H]1N[C@@H]2CC[C@H]1C2)C(C)C.CC[C@H](C)[C@@H]([C@@H](CC(=O)OC(C)(C)C)OC)N(C)C(=O)C(CC(=O)[C@@H]1[C@H]2CC[C@H](C2)N1C(=O)OC(C)(C)C)C(C)C.CC[C@H](C)[C@@H]([C@@H](CC(=O)OC(C)(C)C)OC)N(C)C(=O)C(N)C(C)C. The number of esters is 2. The van der Waals surface area contributed by atoms with Crippen molar-refractivity contribution in [1.29, 1.82) is 0 Å². The van der Waals surface area contributed by atoms with E-state index in [2.05, 4.69) is 24.1 Å². The minimum Gasteiger partial charge on any atom is -0.481 e. The molecule has 4 aliphatic heterocycles. The molecule has 0 aromatic heterocycles. The van der Waals surface area contributed by atoms with Crippen LogP contribution in [0.2, 0.25) is 0 Å². The molecule has 6 amide bonds. The molecule has 830 valence electrons. The number of ether oxygens (including phenoxy) is 8. The monoisotopic (exact) mass is 2040 g/mol. The van der Waals surface area contributed by atoms with Gasteiger partial charge in [0.25, 0.3) is 0 Å². The van der Waals surface area contributed by atoms with Crippen LogP contribution in [0.1, 0.15) is 342 Å². The smallest absolute Gasteiger partial charge is 0.411 e. The number of nitrogens with one attached hydrogen (secondary N) is 1. The number of Topliss-reactive ketones (excluding diaryl/α,β-unsaturated/α-hetero) is 3. The van der Waals surface area contributed by atoms with Crippen molar-refractivity contribution in [2.24, 2.45) is 94.5 Å². The lowest BCUT2D eigenvalue weighted by Gasteiger charge is -2.40. The molecule has 8 aliphatic rings. The first-order valence-electron chi connectivity index (χ1n) is 53.7. The van der Waals surface area contributed by atoms with E-state index < -0.39 is 113 Å². The van der Waals surface area contributed by atoms with Crippen LogP contribution in [0, 0.1) is 88.8 Å². The van der Waals surface area contributed by atoms with Crippen LogP contribution in [-0.2, 0) is 95.4 Å². The van der Waals surface area contributed by atoms with Gasteiger partial charge in [0.1, 0.15) is 28.4 Å². The highest BCUT2D eigenvalue weighted by Crippen LogP contribution is 2.48. The van der Waals surface area contributed by atoms with E-state index in [1.165, 1.54) is 25.5 Å². The molecule has 4 heterocycles. The third-order valence-corrected chi connectivity index (χ3v) is 31.7. The largest absolute Gasteiger partial charge is 0.481 e. The van der Waals surface area contributed by atoms with Gasteiger partial charge in [-0.3, -0.25) is 67.4 Å². The summed E-state index contributed by atoms with van der Waals surface area (Å²) in [6.45, 7) is 53.7. The highest BCUT2D eigenvalue weighted by atomic mass is 16.6. The summed E-state index contributed by atoms with van der Waals surface area (Å²) in [4.78, 5) is 190. The van der Waals surface area contributed by atoms with Crippen LogP contribution >= 0.6 is 0 Å². The molecule has 4 saturated carbocycles. The minimum atomic E-state index is -0.950. The Balaban J connectivity index is 0.000000384. The number of rotatable bonds is 46. The summed E-state index contributed by atoms with van der Waals surface area (Å²) >= 11 is 0. The molecule has 8 bridgehead atoms. The fourth-order valence-electron chi connectivity index (χ4n) is 23.3. The number of likely N-dealkylation sites (N-methyl/N-ethyl adjacent to an activating group) is 5. The fourth-order valence-corrected chi connectivity index (χ4v) is 23.3. The second-order valence-corrected chi connectivity index (χ2v) is 48.2. The molecule has 34 nitrogen and oxygen atoms in total. The number of likely N-dealkylation sites (tertiary alicyclic amines) is 3. The third kappa shape index (κ3) is 36.4. The summed E-state index contributed by atoms with van der Waals surface area (Å²) in [6, 6.07) is -2.36. The lowest BCUT2D eigenvalue weighted by Crippen LogP contribution is -2.55. The maximum atomic E-state index is 14.1. The number of fused-ring (bicyclic) bond motifs is 8. The van der Waals surface area contributed by atoms with E-state index in [4.69, 9.17) is 43.6 Å². The second kappa shape index (κ2) is 56.9. The average Bonchev–Trinajstić information content (AvgIpc) is 1.61. The third-order valence-electron chi connectivity index (χ3n) is 31.7. The van der Waals surface area contributed by atoms with E-state index in [0.29, 0.717) is 23.9 Å². The quantitative estimate of drug-likeness (QED) is 0.0279. The standard InChI is InChI=1S/C32H56N2O7.C24H42N2O5.C23H40N2O5.C19H38N2O4.C12H19NO4/c1-13-20(4)27(25(39-12)18-26(36)40-31(5,6)7)33(11)29(37)23(19(2)3)17-24(35)28-21-14-15-22(16-21)34(28)30(38)41-32(8,9)10;1-8-15(4)22(20(31-7)13-21(28)29)26(6)24(30)18(14(2)3)12-19(27)23-16-9-10-17(11-16)25(23)5;1-7-14(4)22(19(30-6)12-20(27)28)25(5)23(29)17(13(2)3)11-18(26)21-15-8-9-16(10-15)24-21;1-10-13(4)17(21(8)18(23)16(20)12(2)3)14(24-9)11-15(22)25-19(5,6)7;1-12(2,3)17-11(16)13-8-5-4-7(6-8)9(13)10(14)15/h19-23,25,27-28H,13-18H2,1-12H3;14-18,20,22-23H,8-13H2,1-7H3,(H,28,29);13-17,19,21-22,24H,7-12H2,1-6H3,(H,27,28);12-14,16-17H,10-11,20H2,1-9H3;7-9H,4-6H2,1-3H3,(H,14,15)/t20-,21-,22+,23?,25+,27-,28-;15-,16-,17+,18?,20+,22-,23-;14-,15-,16+,17?,19+,21-,22-;13-,14+,16?,17-;7-,8+,9-/m00000/s1. The Hall–Kier alpha value is -7.50. The van der Waals surface area contributed by atoms with E-state index in [9.17, 15) is 82.4 Å². The van der Waals surface area contributed by atoms with E-state index in [1.807, 2.05) is 166 Å². The molecule has 34 heteroatoms. The number of ketones is 3. The van der Waals surface area contributed by atoms with Gasteiger partial charge < -0.3 is 83.9 Å². The fraction of sp³-hybridized carbons (Fsp3) is 0.873. The maximum Gasteiger partial charge on any atom is 0.411 e. The van der Waals surface area contributed by atoms with E-state index >= 15 is 0 Å². The number of carboxylic acid groups (broad SMARTS) is 3. The Kier molecular flexibility index (Phi) is 50.9. The molecule has 0 aromatic rings. The summed E-state index contributed by atoms with van der Waals surface area (Å²) in [7, 11) is 15.1. The number of carbonyl (C=O) groups excluding carboxylic acids is 11. The maximum absolute atomic E-state index is 14.1. The van der Waals surface area contributed by atoms with Crippen molar-refractivity contribution in [2.45, 2.75) is 467 Å². The molecule has 4 aliphatic carbocycles. The molecule has 0 spiro atoms. The van der Waals surface area contributed by atoms with Gasteiger partial charge in [-0.25, -0.2) is 14.4 Å². The highest BCUT2D eigenvalue weighted by molar-refractivity contribution is 5.94. The molecule has 144 heavy (non-hydrogen) atoms. The lowest BCUT2D eigenvalue weighted by molar-refractivity contribution is -0.161. The molecule has 6 N–H and O–H groups in total. The van der Waals surface area contributed by atoms with Crippen LogP contribution in [0.4, 0.5) is 9.59 Å². The molecule has 0 radical (unpaired) electrons. The zero-order chi connectivity index (χ0) is 110. The second-order valence-electron chi connectivity index (χ2n) is 48.2. The topological polar surface area (TPSA) is 434 Å². The Labute approximate surface area is 863 Å². The first-order valence-corrected chi connectivity index (χ1v) is 53.7. The van der Waals surface area contributed by atoms with Crippen molar-refractivity contribution >= 4 is 83.0 Å². The van der Waals surface area contributed by atoms with Gasteiger partial charge in [0.2, 0.25) is 23.6 Å². The molecule has 8 fully saturated rings. The van der Waals surface area contributed by atoms with Crippen LogP contribution < -0.4 is 11.1 Å². The number of methoxy groups -OCH3 is 4. The van der Waals surface area contributed by atoms with Crippen molar-refractivity contribution in [3.8, 4) is 0 Å². The minimum absolute atomic E-state index is 0.00442. The van der Waals surface area contributed by atoms with Gasteiger partial charge in [-0.2, -0.15) is 0 Å². The Morgan fingerprint density at radius 1 is 0.354 bits per heavy atom. The summed E-state index contributed by atoms with van der Waals surface area (Å²) in [5.74, 6) is -3.87. The van der Waals surface area contributed by atoms with Crippen molar-refractivity contribution in [2.75, 3.05) is 63.7 Å². The zero-order valence-corrected chi connectivity index (χ0v) is 95.3. The Bertz CT molecular complexity index is 4150. The van der Waals surface area contributed by atoms with Crippen LogP contribution in [0.5, 0.6) is 0 Å². The van der Waals surface area contributed by atoms with Gasteiger partial charge in [-0.05, 0) is 238 Å². The predicted octanol–water partition coefficient (Wildman–Crippen LogP) is 15.9. The molecule has 8 rings (SSSR count). The number of piperidine rings is 4. The molecule has 4 unspecified atom stereocenters. The predicted molar refractivity (Wildman–Crippen MR) is 554 cm³/mol. The van der Waals surface area contributed by atoms with Gasteiger partial charge in [-0.15, -0.1) is 0 Å². The first kappa shape index (κ1) is 129. The van der Waals surface area contributed by atoms with Gasteiger partial charge in [-0.1, -0.05) is 136 Å². The number of hydrogen-bond acceptors (Lipinski definition) is 25. The normalized spacial score (nSPS) is 24.9. The van der Waals surface area contributed by atoms with Crippen LogP contribution in [-0.4, -0.2) is 322 Å². The van der Waals surface area contributed by atoms with Crippen molar-refractivity contribution < 1.29 is 120 Å². The number of aliphatic carboxylic acids is 3.